The summed E-state index contributed by atoms with van der Waals surface area (Å²) in [5.41, 5.74) is 9.55. The minimum absolute atomic E-state index is 0.577. The van der Waals surface area contributed by atoms with Gasteiger partial charge in [0.1, 0.15) is 0 Å². The molecule has 0 radical (unpaired) electrons. The molecule has 0 aliphatic heterocycles. The molecule has 0 saturated carbocycles. The lowest BCUT2D eigenvalue weighted by atomic mass is 10.0. The largest absolute Gasteiger partial charge is 0.0767 e. The second kappa shape index (κ2) is 6.98. The van der Waals surface area contributed by atoms with E-state index in [9.17, 15) is 0 Å². The Labute approximate surface area is 164 Å². The summed E-state index contributed by atoms with van der Waals surface area (Å²) < 4.78 is 0. The first-order chi connectivity index (χ1) is 13.0. The molecule has 136 valence electrons. The molecule has 0 fully saturated rings. The minimum atomic E-state index is -1.58. The molecule has 2 aromatic rings. The van der Waals surface area contributed by atoms with E-state index in [0.717, 1.165) is 0 Å². The Kier molecular flexibility index (Phi) is 4.65. The number of allylic oxidation sites excluding steroid dienone is 8. The highest BCUT2D eigenvalue weighted by molar-refractivity contribution is 6.82. The summed E-state index contributed by atoms with van der Waals surface area (Å²) in [5.74, 6) is 0. The van der Waals surface area contributed by atoms with Gasteiger partial charge in [-0.05, 0) is 58.3 Å². The van der Waals surface area contributed by atoms with Gasteiger partial charge in [0.15, 0.2) is 0 Å². The topological polar surface area (TPSA) is 0 Å². The average molecular weight is 369 g/mol. The van der Waals surface area contributed by atoms with E-state index in [1.54, 1.807) is 0 Å². The van der Waals surface area contributed by atoms with Gasteiger partial charge in [0.2, 0.25) is 0 Å². The number of rotatable bonds is 4. The van der Waals surface area contributed by atoms with Gasteiger partial charge in [-0.15, -0.1) is 0 Å². The molecule has 0 amide bonds. The van der Waals surface area contributed by atoms with Crippen molar-refractivity contribution in [3.05, 3.63) is 107 Å². The van der Waals surface area contributed by atoms with Crippen molar-refractivity contribution in [3.63, 3.8) is 0 Å². The Morgan fingerprint density at radius 1 is 0.556 bits per heavy atom. The zero-order valence-corrected chi connectivity index (χ0v) is 17.7. The highest BCUT2D eigenvalue weighted by Crippen LogP contribution is 2.48. The van der Waals surface area contributed by atoms with Gasteiger partial charge in [-0.25, -0.2) is 0 Å². The second-order valence-corrected chi connectivity index (χ2v) is 13.4. The van der Waals surface area contributed by atoms with Gasteiger partial charge in [-0.3, -0.25) is 0 Å². The summed E-state index contributed by atoms with van der Waals surface area (Å²) in [4.78, 5) is 0. The van der Waals surface area contributed by atoms with Crippen LogP contribution in [0.25, 0.3) is 11.1 Å². The predicted octanol–water partition coefficient (Wildman–Crippen LogP) is 7.52. The molecule has 2 aliphatic rings. The van der Waals surface area contributed by atoms with Crippen molar-refractivity contribution in [3.8, 4) is 0 Å². The SMILES string of the molecule is CC1=CC([Si](C)(C)C2C=C(C)C(c3ccccc3)=C2)C=C1c1ccccc1. The molecule has 0 saturated heterocycles. The molecular formula is C26H28Si. The third-order valence-electron chi connectivity index (χ3n) is 6.29. The van der Waals surface area contributed by atoms with E-state index < -0.39 is 8.07 Å². The highest BCUT2D eigenvalue weighted by atomic mass is 28.3. The zero-order valence-electron chi connectivity index (χ0n) is 16.7. The number of benzene rings is 2. The van der Waals surface area contributed by atoms with Gasteiger partial charge in [0.05, 0.1) is 8.07 Å². The molecule has 2 unspecified atom stereocenters. The predicted molar refractivity (Wildman–Crippen MR) is 121 cm³/mol. The summed E-state index contributed by atoms with van der Waals surface area (Å²) in [5, 5.41) is 0. The van der Waals surface area contributed by atoms with Crippen molar-refractivity contribution in [2.24, 2.45) is 0 Å². The Bertz CT molecular complexity index is 876. The molecule has 2 atom stereocenters. The molecule has 0 nitrogen and oxygen atoms in total. The third kappa shape index (κ3) is 3.32. The van der Waals surface area contributed by atoms with Crippen LogP contribution in [0.1, 0.15) is 25.0 Å². The van der Waals surface area contributed by atoms with E-state index in [1.807, 2.05) is 0 Å². The molecule has 0 aromatic heterocycles. The van der Waals surface area contributed by atoms with Gasteiger partial charge >= 0.3 is 0 Å². The van der Waals surface area contributed by atoms with Gasteiger partial charge in [-0.2, -0.15) is 0 Å². The van der Waals surface area contributed by atoms with E-state index >= 15 is 0 Å². The van der Waals surface area contributed by atoms with Crippen molar-refractivity contribution in [1.29, 1.82) is 0 Å². The van der Waals surface area contributed by atoms with E-state index in [2.05, 4.69) is 112 Å². The fourth-order valence-electron chi connectivity index (χ4n) is 4.40. The second-order valence-electron chi connectivity index (χ2n) is 8.47. The summed E-state index contributed by atoms with van der Waals surface area (Å²) >= 11 is 0. The fraction of sp³-hybridized carbons (Fsp3) is 0.231. The van der Waals surface area contributed by atoms with E-state index in [0.29, 0.717) is 11.1 Å². The Hall–Kier alpha value is -2.38. The molecular weight excluding hydrogens is 340 g/mol. The molecule has 0 N–H and O–H groups in total. The first-order valence-corrected chi connectivity index (χ1v) is 13.0. The quantitative estimate of drug-likeness (QED) is 0.489. The van der Waals surface area contributed by atoms with Crippen molar-refractivity contribution in [1.82, 2.24) is 0 Å². The highest BCUT2D eigenvalue weighted by Gasteiger charge is 2.39. The van der Waals surface area contributed by atoms with Crippen molar-refractivity contribution in [2.45, 2.75) is 38.0 Å². The van der Waals surface area contributed by atoms with E-state index in [4.69, 9.17) is 0 Å². The van der Waals surface area contributed by atoms with Crippen LogP contribution in [0, 0.1) is 0 Å². The summed E-state index contributed by atoms with van der Waals surface area (Å²) in [6, 6.07) is 21.6. The van der Waals surface area contributed by atoms with Gasteiger partial charge in [0.25, 0.3) is 0 Å². The fourth-order valence-corrected chi connectivity index (χ4v) is 7.40. The lowest BCUT2D eigenvalue weighted by Gasteiger charge is -2.31. The van der Waals surface area contributed by atoms with Crippen molar-refractivity contribution >= 4 is 19.2 Å². The number of hydrogen-bond acceptors (Lipinski definition) is 0. The van der Waals surface area contributed by atoms with E-state index in [1.165, 1.54) is 33.4 Å². The Morgan fingerprint density at radius 2 is 0.926 bits per heavy atom. The summed E-state index contributed by atoms with van der Waals surface area (Å²) in [6.07, 6.45) is 10.1. The molecule has 0 heterocycles. The summed E-state index contributed by atoms with van der Waals surface area (Å²) in [7, 11) is -1.58. The van der Waals surface area contributed by atoms with Crippen molar-refractivity contribution < 1.29 is 0 Å². The lowest BCUT2D eigenvalue weighted by molar-refractivity contribution is 1.16. The van der Waals surface area contributed by atoms with E-state index in [-0.39, 0.29) is 0 Å². The average Bonchev–Trinajstić information content (AvgIpc) is 3.27. The van der Waals surface area contributed by atoms with Crippen molar-refractivity contribution in [2.75, 3.05) is 0 Å². The van der Waals surface area contributed by atoms with Crippen LogP contribution in [0.3, 0.4) is 0 Å². The normalized spacial score (nSPS) is 22.2. The first kappa shape index (κ1) is 18.0. The van der Waals surface area contributed by atoms with Gasteiger partial charge in [-0.1, -0.05) is 98.1 Å². The molecule has 1 heteroatoms. The van der Waals surface area contributed by atoms with Crippen LogP contribution in [0.5, 0.6) is 0 Å². The smallest absolute Gasteiger partial charge is 0.0700 e. The third-order valence-corrected chi connectivity index (χ3v) is 10.4. The first-order valence-electron chi connectivity index (χ1n) is 9.89. The standard InChI is InChI=1S/C26H28Si/c1-19-15-23(17-25(19)21-11-7-5-8-12-21)27(3,4)24-16-20(2)26(18-24)22-13-9-6-10-14-22/h5-18,23-24H,1-4H3. The molecule has 2 aromatic carbocycles. The summed E-state index contributed by atoms with van der Waals surface area (Å²) in [6.45, 7) is 9.63. The zero-order chi connectivity index (χ0) is 19.0. The van der Waals surface area contributed by atoms with Crippen LogP contribution in [0.15, 0.2) is 96.1 Å². The number of hydrogen-bond donors (Lipinski definition) is 0. The minimum Gasteiger partial charge on any atom is -0.0767 e. The molecule has 0 spiro atoms. The Morgan fingerprint density at radius 3 is 1.30 bits per heavy atom. The maximum Gasteiger partial charge on any atom is 0.0700 e. The maximum absolute atomic E-state index is 2.55. The van der Waals surface area contributed by atoms with Crippen LogP contribution < -0.4 is 0 Å². The van der Waals surface area contributed by atoms with Crippen LogP contribution in [0.2, 0.25) is 24.2 Å². The van der Waals surface area contributed by atoms with Gasteiger partial charge < -0.3 is 0 Å². The van der Waals surface area contributed by atoms with Crippen LogP contribution in [-0.2, 0) is 0 Å². The Balaban J connectivity index is 1.65. The lowest BCUT2D eigenvalue weighted by Crippen LogP contribution is -2.34. The molecule has 4 rings (SSSR count). The van der Waals surface area contributed by atoms with Crippen LogP contribution >= 0.6 is 0 Å². The molecule has 0 bridgehead atoms. The van der Waals surface area contributed by atoms with Crippen LogP contribution in [-0.4, -0.2) is 8.07 Å². The van der Waals surface area contributed by atoms with Gasteiger partial charge in [0, 0.05) is 0 Å². The maximum atomic E-state index is 2.55. The molecule has 27 heavy (non-hydrogen) atoms. The van der Waals surface area contributed by atoms with Crippen LogP contribution in [0.4, 0.5) is 0 Å². The monoisotopic (exact) mass is 368 g/mol. The molecule has 2 aliphatic carbocycles.